The van der Waals surface area contributed by atoms with Crippen LogP contribution in [0.1, 0.15) is 12.6 Å². The number of aryl methyl sites for hydroxylation is 1. The second kappa shape index (κ2) is 4.77. The molecule has 0 aliphatic rings. The van der Waals surface area contributed by atoms with E-state index in [4.69, 9.17) is 5.26 Å². The van der Waals surface area contributed by atoms with Gasteiger partial charge in [0.05, 0.1) is 17.7 Å². The first-order valence-corrected chi connectivity index (χ1v) is 4.68. The lowest BCUT2D eigenvalue weighted by atomic mass is 10.2. The molecule has 0 fully saturated rings. The van der Waals surface area contributed by atoms with Crippen molar-refractivity contribution < 1.29 is 0 Å². The zero-order chi connectivity index (χ0) is 10.6. The van der Waals surface area contributed by atoms with Crippen molar-refractivity contribution in [3.8, 4) is 6.07 Å². The summed E-state index contributed by atoms with van der Waals surface area (Å²) in [4.78, 5) is 2.11. The Hall–Kier alpha value is -1.34. The van der Waals surface area contributed by atoms with Gasteiger partial charge in [0.1, 0.15) is 0 Å². The molecule has 4 heteroatoms. The zero-order valence-corrected chi connectivity index (χ0v) is 8.94. The average Bonchev–Trinajstić information content (AvgIpc) is 2.50. The molecule has 0 aliphatic carbocycles. The van der Waals surface area contributed by atoms with Gasteiger partial charge in [-0.25, -0.2) is 0 Å². The van der Waals surface area contributed by atoms with E-state index in [0.29, 0.717) is 0 Å². The first kappa shape index (κ1) is 10.7. The number of nitriles is 1. The van der Waals surface area contributed by atoms with Gasteiger partial charge in [0.25, 0.3) is 0 Å². The number of hydrogen-bond acceptors (Lipinski definition) is 3. The van der Waals surface area contributed by atoms with E-state index in [-0.39, 0.29) is 5.92 Å². The maximum Gasteiger partial charge on any atom is 0.0764 e. The fraction of sp³-hybridized carbons (Fsp3) is 0.600. The molecule has 1 heterocycles. The average molecular weight is 192 g/mol. The maximum absolute atomic E-state index is 8.66. The molecule has 0 spiro atoms. The molecule has 1 atom stereocenters. The van der Waals surface area contributed by atoms with Crippen molar-refractivity contribution in [1.82, 2.24) is 14.7 Å². The topological polar surface area (TPSA) is 44.9 Å². The van der Waals surface area contributed by atoms with E-state index < -0.39 is 0 Å². The number of nitrogens with zero attached hydrogens (tertiary/aromatic N) is 4. The standard InChI is InChI=1S/C10H16N4/c1-9(6-11)7-13(2)8-10-4-5-14(3)12-10/h4-5,9H,7-8H2,1-3H3. The van der Waals surface area contributed by atoms with Gasteiger partial charge < -0.3 is 0 Å². The van der Waals surface area contributed by atoms with Crippen LogP contribution in [0.4, 0.5) is 0 Å². The monoisotopic (exact) mass is 192 g/mol. The molecule has 1 aromatic heterocycles. The summed E-state index contributed by atoms with van der Waals surface area (Å²) < 4.78 is 1.79. The van der Waals surface area contributed by atoms with Crippen LogP contribution >= 0.6 is 0 Å². The number of rotatable bonds is 4. The van der Waals surface area contributed by atoms with Crippen LogP contribution in [0.2, 0.25) is 0 Å². The lowest BCUT2D eigenvalue weighted by Crippen LogP contribution is -2.23. The van der Waals surface area contributed by atoms with Gasteiger partial charge in [-0.3, -0.25) is 9.58 Å². The van der Waals surface area contributed by atoms with Crippen LogP contribution in [0.25, 0.3) is 0 Å². The SMILES string of the molecule is CC(C#N)CN(C)Cc1ccn(C)n1. The molecule has 0 amide bonds. The molecule has 0 N–H and O–H groups in total. The number of aromatic nitrogens is 2. The van der Waals surface area contributed by atoms with Gasteiger partial charge in [-0.05, 0) is 20.0 Å². The molecule has 0 saturated heterocycles. The summed E-state index contributed by atoms with van der Waals surface area (Å²) in [5, 5.41) is 12.9. The molecular formula is C10H16N4. The van der Waals surface area contributed by atoms with E-state index in [1.54, 1.807) is 4.68 Å². The van der Waals surface area contributed by atoms with Crippen molar-refractivity contribution in [3.05, 3.63) is 18.0 Å². The predicted molar refractivity (Wildman–Crippen MR) is 54.3 cm³/mol. The van der Waals surface area contributed by atoms with E-state index in [0.717, 1.165) is 18.8 Å². The highest BCUT2D eigenvalue weighted by Gasteiger charge is 2.06. The fourth-order valence-electron chi connectivity index (χ4n) is 1.40. The van der Waals surface area contributed by atoms with Crippen LogP contribution < -0.4 is 0 Å². The Balaban J connectivity index is 2.42. The molecule has 0 aromatic carbocycles. The van der Waals surface area contributed by atoms with Gasteiger partial charge in [0.2, 0.25) is 0 Å². The van der Waals surface area contributed by atoms with Gasteiger partial charge in [-0.2, -0.15) is 10.4 Å². The third-order valence-corrected chi connectivity index (χ3v) is 2.01. The second-order valence-corrected chi connectivity index (χ2v) is 3.71. The molecule has 1 unspecified atom stereocenters. The van der Waals surface area contributed by atoms with Gasteiger partial charge in [0, 0.05) is 26.3 Å². The van der Waals surface area contributed by atoms with Crippen molar-refractivity contribution in [2.24, 2.45) is 13.0 Å². The summed E-state index contributed by atoms with van der Waals surface area (Å²) in [7, 11) is 3.91. The highest BCUT2D eigenvalue weighted by Crippen LogP contribution is 2.02. The molecule has 14 heavy (non-hydrogen) atoms. The van der Waals surface area contributed by atoms with E-state index >= 15 is 0 Å². The minimum Gasteiger partial charge on any atom is -0.299 e. The Morgan fingerprint density at radius 2 is 2.43 bits per heavy atom. The summed E-state index contributed by atoms with van der Waals surface area (Å²) in [6.45, 7) is 3.51. The minimum absolute atomic E-state index is 0.0729. The van der Waals surface area contributed by atoms with Crippen molar-refractivity contribution in [1.29, 1.82) is 5.26 Å². The minimum atomic E-state index is 0.0729. The van der Waals surface area contributed by atoms with Crippen molar-refractivity contribution >= 4 is 0 Å². The van der Waals surface area contributed by atoms with E-state index in [1.165, 1.54) is 0 Å². The first-order chi connectivity index (χ1) is 6.61. The van der Waals surface area contributed by atoms with Crippen molar-refractivity contribution in [2.75, 3.05) is 13.6 Å². The van der Waals surface area contributed by atoms with Gasteiger partial charge in [0.15, 0.2) is 0 Å². The summed E-state index contributed by atoms with van der Waals surface area (Å²) >= 11 is 0. The Kier molecular flexibility index (Phi) is 3.66. The van der Waals surface area contributed by atoms with Crippen LogP contribution in [-0.4, -0.2) is 28.3 Å². The molecule has 4 nitrogen and oxygen atoms in total. The first-order valence-electron chi connectivity index (χ1n) is 4.68. The van der Waals surface area contributed by atoms with Crippen LogP contribution in [0, 0.1) is 17.2 Å². The Bertz CT molecular complexity index is 323. The van der Waals surface area contributed by atoms with E-state index in [9.17, 15) is 0 Å². The molecule has 0 saturated carbocycles. The summed E-state index contributed by atoms with van der Waals surface area (Å²) in [6.07, 6.45) is 1.93. The molecule has 1 rings (SSSR count). The quantitative estimate of drug-likeness (QED) is 0.715. The molecule has 1 aromatic rings. The molecule has 76 valence electrons. The van der Waals surface area contributed by atoms with Crippen molar-refractivity contribution in [3.63, 3.8) is 0 Å². The van der Waals surface area contributed by atoms with Crippen LogP contribution in [0.3, 0.4) is 0 Å². The Morgan fingerprint density at radius 1 is 1.71 bits per heavy atom. The molecule has 0 aliphatic heterocycles. The third-order valence-electron chi connectivity index (χ3n) is 2.01. The Labute approximate surface area is 84.7 Å². The van der Waals surface area contributed by atoms with Crippen LogP contribution in [0.5, 0.6) is 0 Å². The van der Waals surface area contributed by atoms with Gasteiger partial charge in [-0.15, -0.1) is 0 Å². The summed E-state index contributed by atoms with van der Waals surface area (Å²) in [5.74, 6) is 0.0729. The fourth-order valence-corrected chi connectivity index (χ4v) is 1.40. The smallest absolute Gasteiger partial charge is 0.0764 e. The Morgan fingerprint density at radius 3 is 2.93 bits per heavy atom. The van der Waals surface area contributed by atoms with E-state index in [2.05, 4.69) is 16.1 Å². The number of hydrogen-bond donors (Lipinski definition) is 0. The van der Waals surface area contributed by atoms with E-state index in [1.807, 2.05) is 33.3 Å². The largest absolute Gasteiger partial charge is 0.299 e. The molecule has 0 bridgehead atoms. The zero-order valence-electron chi connectivity index (χ0n) is 8.94. The van der Waals surface area contributed by atoms with Crippen LogP contribution in [-0.2, 0) is 13.6 Å². The van der Waals surface area contributed by atoms with Crippen LogP contribution in [0.15, 0.2) is 12.3 Å². The highest BCUT2D eigenvalue weighted by molar-refractivity contribution is 4.98. The van der Waals surface area contributed by atoms with Crippen molar-refractivity contribution in [2.45, 2.75) is 13.5 Å². The summed E-state index contributed by atoms with van der Waals surface area (Å²) in [5.41, 5.74) is 1.04. The lowest BCUT2D eigenvalue weighted by molar-refractivity contribution is 0.299. The normalized spacial score (nSPS) is 12.8. The van der Waals surface area contributed by atoms with Gasteiger partial charge >= 0.3 is 0 Å². The highest BCUT2D eigenvalue weighted by atomic mass is 15.3. The summed E-state index contributed by atoms with van der Waals surface area (Å²) in [6, 6.07) is 4.21. The third kappa shape index (κ3) is 3.19. The second-order valence-electron chi connectivity index (χ2n) is 3.71. The maximum atomic E-state index is 8.66. The van der Waals surface area contributed by atoms with Gasteiger partial charge in [-0.1, -0.05) is 0 Å². The molecular weight excluding hydrogens is 176 g/mol. The molecule has 0 radical (unpaired) electrons. The predicted octanol–water partition coefficient (Wildman–Crippen LogP) is 1.01. The lowest BCUT2D eigenvalue weighted by Gasteiger charge is -2.15.